The van der Waals surface area contributed by atoms with E-state index in [0.717, 1.165) is 44.9 Å². The van der Waals surface area contributed by atoms with Crippen LogP contribution in [0.4, 0.5) is 0 Å². The second kappa shape index (κ2) is 9.04. The van der Waals surface area contributed by atoms with Gasteiger partial charge in [-0.15, -0.1) is 0 Å². The molecule has 7 rings (SSSR count). The van der Waals surface area contributed by atoms with Crippen molar-refractivity contribution in [1.82, 2.24) is 0 Å². The Morgan fingerprint density at radius 3 is 2.13 bits per heavy atom. The number of carbonyl (C=O) groups is 2. The number of aliphatic hydroxyl groups excluding tert-OH is 2. The van der Waals surface area contributed by atoms with Gasteiger partial charge >= 0.3 is 11.9 Å². The third kappa shape index (κ3) is 3.69. The van der Waals surface area contributed by atoms with Crippen molar-refractivity contribution in [3.63, 3.8) is 0 Å². The molecule has 7 fully saturated rings. The van der Waals surface area contributed by atoms with E-state index in [1.54, 1.807) is 27.7 Å². The van der Waals surface area contributed by atoms with Crippen LogP contribution in [0.2, 0.25) is 0 Å². The molecular formula is C36H56O9. The maximum absolute atomic E-state index is 13.0. The molecular weight excluding hydrogens is 576 g/mol. The van der Waals surface area contributed by atoms with Gasteiger partial charge in [0.05, 0.1) is 36.3 Å². The summed E-state index contributed by atoms with van der Waals surface area (Å²) < 4.78 is 19.6. The van der Waals surface area contributed by atoms with Crippen molar-refractivity contribution >= 4 is 11.9 Å². The fraction of sp³-hybridized carbons (Fsp3) is 0.944. The predicted octanol–water partition coefficient (Wildman–Crippen LogP) is 4.83. The number of carboxylic acid groups (broad SMARTS) is 1. The summed E-state index contributed by atoms with van der Waals surface area (Å²) in [5.74, 6) is -2.34. The first-order chi connectivity index (χ1) is 20.6. The molecule has 9 nitrogen and oxygen atoms in total. The molecule has 6 unspecified atom stereocenters. The number of aliphatic hydroxyl groups is 3. The first-order valence-corrected chi connectivity index (χ1v) is 17.4. The topological polar surface area (TPSA) is 143 Å². The zero-order valence-corrected chi connectivity index (χ0v) is 28.6. The number of carboxylic acids is 1. The number of hydrogen-bond donors (Lipinski definition) is 4. The molecule has 5 aliphatic carbocycles. The van der Waals surface area contributed by atoms with Crippen LogP contribution in [0.3, 0.4) is 0 Å². The molecule has 4 N–H and O–H groups in total. The molecule has 2 saturated heterocycles. The lowest BCUT2D eigenvalue weighted by Crippen LogP contribution is -2.63. The molecule has 0 aromatic rings. The lowest BCUT2D eigenvalue weighted by atomic mass is 9.41. The fourth-order valence-corrected chi connectivity index (χ4v) is 13.4. The first-order valence-electron chi connectivity index (χ1n) is 17.4. The minimum Gasteiger partial charge on any atom is -0.481 e. The van der Waals surface area contributed by atoms with Crippen molar-refractivity contribution in [2.24, 2.45) is 50.2 Å². The molecule has 7 aliphatic rings. The van der Waals surface area contributed by atoms with Gasteiger partial charge in [-0.2, -0.15) is 0 Å². The van der Waals surface area contributed by atoms with Gasteiger partial charge in [0, 0.05) is 28.6 Å². The van der Waals surface area contributed by atoms with E-state index in [9.17, 15) is 30.0 Å². The lowest BCUT2D eigenvalue weighted by molar-refractivity contribution is -0.316. The minimum absolute atomic E-state index is 0.0457. The molecule has 45 heavy (non-hydrogen) atoms. The van der Waals surface area contributed by atoms with Gasteiger partial charge in [0.15, 0.2) is 5.79 Å². The van der Waals surface area contributed by atoms with Gasteiger partial charge in [0.1, 0.15) is 11.7 Å². The highest BCUT2D eigenvalue weighted by Gasteiger charge is 2.87. The highest BCUT2D eigenvalue weighted by atomic mass is 16.7. The quantitative estimate of drug-likeness (QED) is 0.314. The van der Waals surface area contributed by atoms with Gasteiger partial charge in [0.25, 0.3) is 0 Å². The Kier molecular flexibility index (Phi) is 6.49. The van der Waals surface area contributed by atoms with Gasteiger partial charge < -0.3 is 34.6 Å². The van der Waals surface area contributed by atoms with E-state index in [-0.39, 0.29) is 40.6 Å². The molecule has 0 radical (unpaired) electrons. The summed E-state index contributed by atoms with van der Waals surface area (Å²) in [6.07, 6.45) is 5.43. The molecule has 0 amide bonds. The predicted molar refractivity (Wildman–Crippen MR) is 164 cm³/mol. The van der Waals surface area contributed by atoms with Crippen molar-refractivity contribution in [3.8, 4) is 0 Å². The molecule has 254 valence electrons. The Morgan fingerprint density at radius 1 is 0.867 bits per heavy atom. The van der Waals surface area contributed by atoms with Gasteiger partial charge in [-0.05, 0) is 109 Å². The third-order valence-corrected chi connectivity index (χ3v) is 15.8. The summed E-state index contributed by atoms with van der Waals surface area (Å²) in [6.45, 7) is 15.7. The van der Waals surface area contributed by atoms with Crippen LogP contribution in [-0.2, 0) is 23.8 Å². The largest absolute Gasteiger partial charge is 0.481 e. The highest BCUT2D eigenvalue weighted by Crippen LogP contribution is 2.89. The van der Waals surface area contributed by atoms with E-state index >= 15 is 0 Å². The van der Waals surface area contributed by atoms with Crippen LogP contribution in [0.15, 0.2) is 0 Å². The van der Waals surface area contributed by atoms with Crippen molar-refractivity contribution in [1.29, 1.82) is 0 Å². The summed E-state index contributed by atoms with van der Waals surface area (Å²) in [7, 11) is 0. The number of ether oxygens (including phenoxy) is 3. The number of fused-ring (bicyclic) bond motifs is 4. The summed E-state index contributed by atoms with van der Waals surface area (Å²) in [5, 5.41) is 44.9. The Balaban J connectivity index is 1.19. The van der Waals surface area contributed by atoms with E-state index in [1.807, 2.05) is 0 Å². The van der Waals surface area contributed by atoms with Gasteiger partial charge in [-0.25, -0.2) is 0 Å². The third-order valence-electron chi connectivity index (χ3n) is 15.8. The van der Waals surface area contributed by atoms with Gasteiger partial charge in [0.2, 0.25) is 0 Å². The Labute approximate surface area is 267 Å². The van der Waals surface area contributed by atoms with Crippen LogP contribution in [-0.4, -0.2) is 74.3 Å². The van der Waals surface area contributed by atoms with Crippen LogP contribution in [0.25, 0.3) is 0 Å². The summed E-state index contributed by atoms with van der Waals surface area (Å²) >= 11 is 0. The maximum atomic E-state index is 13.0. The number of aliphatic carboxylic acids is 1. The van der Waals surface area contributed by atoms with E-state index in [4.69, 9.17) is 14.2 Å². The number of carbonyl (C=O) groups excluding carboxylic acids is 1. The monoisotopic (exact) mass is 632 g/mol. The Bertz CT molecular complexity index is 1300. The van der Waals surface area contributed by atoms with Crippen molar-refractivity contribution < 1.29 is 44.2 Å². The molecule has 2 aliphatic heterocycles. The molecule has 12 atom stereocenters. The zero-order valence-electron chi connectivity index (χ0n) is 28.6. The summed E-state index contributed by atoms with van der Waals surface area (Å²) in [5.41, 5.74) is -4.32. The lowest BCUT2D eigenvalue weighted by Gasteiger charge is -2.64. The molecule has 0 aromatic heterocycles. The zero-order chi connectivity index (χ0) is 33.0. The van der Waals surface area contributed by atoms with E-state index in [1.165, 1.54) is 0 Å². The summed E-state index contributed by atoms with van der Waals surface area (Å²) in [6, 6.07) is 0. The van der Waals surface area contributed by atoms with Crippen LogP contribution in [0.1, 0.15) is 120 Å². The Morgan fingerprint density at radius 2 is 1.49 bits per heavy atom. The average Bonchev–Trinajstić information content (AvgIpc) is 3.43. The molecule has 9 heteroatoms. The van der Waals surface area contributed by atoms with Crippen LogP contribution in [0.5, 0.6) is 0 Å². The van der Waals surface area contributed by atoms with Crippen molar-refractivity contribution in [2.75, 3.05) is 6.61 Å². The van der Waals surface area contributed by atoms with E-state index in [0.29, 0.717) is 25.4 Å². The van der Waals surface area contributed by atoms with Crippen LogP contribution < -0.4 is 0 Å². The summed E-state index contributed by atoms with van der Waals surface area (Å²) in [4.78, 5) is 24.6. The van der Waals surface area contributed by atoms with Gasteiger partial charge in [-0.1, -0.05) is 20.8 Å². The van der Waals surface area contributed by atoms with Crippen LogP contribution >= 0.6 is 0 Å². The van der Waals surface area contributed by atoms with Crippen LogP contribution in [0, 0.1) is 50.2 Å². The molecule has 5 saturated carbocycles. The highest BCUT2D eigenvalue weighted by molar-refractivity contribution is 5.81. The number of rotatable bonds is 5. The molecule has 2 bridgehead atoms. The molecule has 2 heterocycles. The average molecular weight is 633 g/mol. The molecule has 3 spiro atoms. The minimum atomic E-state index is -1.22. The smallest absolute Gasteiger partial charge is 0.309 e. The number of esters is 1. The second-order valence-electron chi connectivity index (χ2n) is 18.7. The first kappa shape index (κ1) is 32.3. The standard InChI is InChI=1S/C36H56O9/c1-28(2,27(40)41)17-23(37)44-22-11-12-33-18-34(33)14-15-35-19-43-36(30(5,6)42)16-13-31(7,45-36)25(35)24(38)26(39)32(35,8)21(34)10-9-20(33)29(22,3)4/h20-22,24-26,38-39,42H,9-19H2,1-8H3,(H,40,41)/t20?,21?,22?,24?,25-,26?,31?,32-,33-,34+,35+,36+/m1/s1. The Hall–Kier alpha value is -1.26. The SMILES string of the molecule is CC(C)(CC(=O)OC1CC[C@]23C[C@]24CC[C@]25CO[C@@]6(C(C)(C)O)CCC(C)(O6)[C@H]2C(O)C(O)[C@@]5(C)C4CCC3C1(C)C)C(=O)O. The second-order valence-corrected chi connectivity index (χ2v) is 18.7. The normalized spacial score (nSPS) is 52.8. The van der Waals surface area contributed by atoms with Crippen molar-refractivity contribution in [2.45, 2.75) is 155 Å². The number of hydrogen-bond acceptors (Lipinski definition) is 8. The van der Waals surface area contributed by atoms with Crippen molar-refractivity contribution in [3.05, 3.63) is 0 Å². The van der Waals surface area contributed by atoms with E-state index < -0.39 is 57.4 Å². The van der Waals surface area contributed by atoms with E-state index in [2.05, 4.69) is 27.7 Å². The van der Waals surface area contributed by atoms with Gasteiger partial charge in [-0.3, -0.25) is 9.59 Å². The maximum Gasteiger partial charge on any atom is 0.309 e. The molecule has 0 aromatic carbocycles. The fourth-order valence-electron chi connectivity index (χ4n) is 13.4.